The number of nitrogens with one attached hydrogen (secondary N) is 2. The summed E-state index contributed by atoms with van der Waals surface area (Å²) in [4.78, 5) is 36.4. The number of carboxylic acids is 1. The molecule has 0 aliphatic carbocycles. The molecule has 7 rings (SSSR count). The normalized spacial score (nSPS) is 15.9. The molecule has 2 saturated heterocycles. The molecule has 360 valence electrons. The van der Waals surface area contributed by atoms with E-state index in [0.717, 1.165) is 34.3 Å². The summed E-state index contributed by atoms with van der Waals surface area (Å²) >= 11 is 6.24. The number of hydrogen-bond acceptors (Lipinski definition) is 11. The van der Waals surface area contributed by atoms with Crippen LogP contribution in [-0.4, -0.2) is 107 Å². The first-order valence-corrected chi connectivity index (χ1v) is 25.9. The second-order valence-corrected chi connectivity index (χ2v) is 21.0. The van der Waals surface area contributed by atoms with Gasteiger partial charge in [0.25, 0.3) is 9.84 Å². The molecule has 5 N–H and O–H groups in total. The van der Waals surface area contributed by atoms with Crippen LogP contribution in [0.15, 0.2) is 101 Å². The van der Waals surface area contributed by atoms with E-state index in [4.69, 9.17) is 25.9 Å². The highest BCUT2D eigenvalue weighted by Crippen LogP contribution is 2.43. The lowest BCUT2D eigenvalue weighted by molar-refractivity contribution is -0.0435. The van der Waals surface area contributed by atoms with Gasteiger partial charge in [-0.1, -0.05) is 35.9 Å². The average Bonchev–Trinajstić information content (AvgIpc) is 3.61. The Hall–Kier alpha value is -4.72. The minimum atomic E-state index is -5.81. The monoisotopic (exact) mass is 1000 g/mol. The van der Waals surface area contributed by atoms with Crippen molar-refractivity contribution in [1.29, 1.82) is 0 Å². The van der Waals surface area contributed by atoms with E-state index in [1.54, 1.807) is 24.3 Å². The zero-order valence-corrected chi connectivity index (χ0v) is 40.3. The van der Waals surface area contributed by atoms with E-state index in [-0.39, 0.29) is 34.8 Å². The van der Waals surface area contributed by atoms with Gasteiger partial charge in [-0.05, 0) is 124 Å². The number of rotatable bonds is 17. The van der Waals surface area contributed by atoms with Gasteiger partial charge in [0, 0.05) is 85.2 Å². The number of carbonyl (C=O) groups is 1. The van der Waals surface area contributed by atoms with Crippen molar-refractivity contribution in [3.05, 3.63) is 107 Å². The SMILES string of the molecule is Cc1c(C(=O)O)c(-c2cccc(N3CCN(c4ccc(NS(=O)c5ccc(NCCCN6CCC(OP(O)O)CC6)c(S(=O)(=O)C(F)(F)F)c5)cc4)CC3)c2)c(-c2ccc(Cl)cc2)n1C(C)C. The summed E-state index contributed by atoms with van der Waals surface area (Å²) in [5.74, 6) is -1.01. The van der Waals surface area contributed by atoms with Crippen LogP contribution >= 0.6 is 20.2 Å². The van der Waals surface area contributed by atoms with Gasteiger partial charge in [0.2, 0.25) is 0 Å². The number of likely N-dealkylation sites (tertiary alicyclic amines) is 1. The molecular weight excluding hydrogens is 952 g/mol. The van der Waals surface area contributed by atoms with Crippen molar-refractivity contribution in [1.82, 2.24) is 9.47 Å². The number of piperidine rings is 1. The average molecular weight is 1010 g/mol. The Labute approximate surface area is 396 Å². The molecule has 3 heterocycles. The van der Waals surface area contributed by atoms with Crippen LogP contribution in [0.1, 0.15) is 55.2 Å². The molecule has 2 aliphatic rings. The van der Waals surface area contributed by atoms with Crippen LogP contribution in [0.2, 0.25) is 5.02 Å². The number of anilines is 4. The van der Waals surface area contributed by atoms with E-state index in [1.165, 1.54) is 12.1 Å². The van der Waals surface area contributed by atoms with Crippen LogP contribution in [0.4, 0.5) is 35.9 Å². The molecule has 2 aliphatic heterocycles. The molecule has 2 fully saturated rings. The Morgan fingerprint density at radius 2 is 1.54 bits per heavy atom. The number of carboxylic acid groups (broad SMARTS) is 1. The topological polar surface area (TPSA) is 177 Å². The lowest BCUT2D eigenvalue weighted by Gasteiger charge is -2.37. The highest BCUT2D eigenvalue weighted by Gasteiger charge is 2.48. The number of hydrogen-bond donors (Lipinski definition) is 5. The standard InChI is InChI=1S/C46H53ClF3N6O8PS2/c1-30(2)56-31(3)42(45(57)58)43(44(56)32-8-10-34(47)11-9-32)33-6-4-7-37(28-33)55-26-24-54(25-27-55)36-14-12-35(13-15-36)52-66(61)39-16-17-40(41(29-39)67(62,63)46(48,49)50)51-20-5-21-53-22-18-38(19-23-53)64-65(59)60/h4,6-17,28-30,38,51-52,59-60H,5,18-27H2,1-3H3,(H,57,58). The van der Waals surface area contributed by atoms with Gasteiger partial charge in [-0.3, -0.25) is 0 Å². The molecule has 67 heavy (non-hydrogen) atoms. The van der Waals surface area contributed by atoms with E-state index >= 15 is 0 Å². The zero-order valence-electron chi connectivity index (χ0n) is 37.0. The fraction of sp³-hybridized carbons (Fsp3) is 0.370. The van der Waals surface area contributed by atoms with Gasteiger partial charge in [-0.15, -0.1) is 0 Å². The Bertz CT molecular complexity index is 2680. The van der Waals surface area contributed by atoms with Crippen molar-refractivity contribution < 1.29 is 50.0 Å². The maximum absolute atomic E-state index is 13.9. The molecule has 1 unspecified atom stereocenters. The molecule has 0 spiro atoms. The molecule has 0 radical (unpaired) electrons. The quantitative estimate of drug-likeness (QED) is 0.0442. The Kier molecular flexibility index (Phi) is 15.9. The van der Waals surface area contributed by atoms with Gasteiger partial charge in [0.1, 0.15) is 15.9 Å². The van der Waals surface area contributed by atoms with Crippen LogP contribution in [-0.2, 0) is 25.3 Å². The fourth-order valence-electron chi connectivity index (χ4n) is 8.78. The third kappa shape index (κ3) is 11.6. The summed E-state index contributed by atoms with van der Waals surface area (Å²) in [5, 5.41) is 13.9. The Morgan fingerprint density at radius 3 is 2.13 bits per heavy atom. The second-order valence-electron chi connectivity index (χ2n) is 16.7. The fourth-order valence-corrected chi connectivity index (χ4v) is 11.3. The van der Waals surface area contributed by atoms with E-state index < -0.39 is 45.8 Å². The van der Waals surface area contributed by atoms with Crippen molar-refractivity contribution in [2.45, 2.75) is 67.5 Å². The summed E-state index contributed by atoms with van der Waals surface area (Å²) in [5.41, 5.74) is 0.400. The highest BCUT2D eigenvalue weighted by molar-refractivity contribution is 7.92. The number of aromatic nitrogens is 1. The predicted molar refractivity (Wildman–Crippen MR) is 258 cm³/mol. The van der Waals surface area contributed by atoms with Crippen LogP contribution in [0.5, 0.6) is 0 Å². The van der Waals surface area contributed by atoms with E-state index in [9.17, 15) is 35.7 Å². The minimum absolute atomic E-state index is 0.0151. The number of benzene rings is 4. The molecule has 0 saturated carbocycles. The van der Waals surface area contributed by atoms with Gasteiger partial charge in [0.05, 0.1) is 27.9 Å². The molecule has 1 aromatic heterocycles. The highest BCUT2D eigenvalue weighted by atomic mass is 35.5. The van der Waals surface area contributed by atoms with Gasteiger partial charge in [-0.25, -0.2) is 17.4 Å². The third-order valence-electron chi connectivity index (χ3n) is 12.0. The molecule has 4 aromatic carbocycles. The first-order valence-electron chi connectivity index (χ1n) is 21.7. The van der Waals surface area contributed by atoms with E-state index in [0.29, 0.717) is 87.0 Å². The number of halogens is 4. The van der Waals surface area contributed by atoms with E-state index in [2.05, 4.69) is 29.3 Å². The number of nitrogens with zero attached hydrogens (tertiary/aromatic N) is 4. The number of piperazine rings is 1. The van der Waals surface area contributed by atoms with Gasteiger partial charge in [-0.2, -0.15) is 13.2 Å². The molecule has 21 heteroatoms. The van der Waals surface area contributed by atoms with Crippen LogP contribution < -0.4 is 19.8 Å². The predicted octanol–water partition coefficient (Wildman–Crippen LogP) is 9.31. The summed E-state index contributed by atoms with van der Waals surface area (Å²) in [6.45, 7) is 10.5. The van der Waals surface area contributed by atoms with Crippen molar-refractivity contribution in [2.24, 2.45) is 0 Å². The number of aromatic carboxylic acids is 1. The van der Waals surface area contributed by atoms with Crippen LogP contribution in [0.3, 0.4) is 0 Å². The molecule has 5 aromatic rings. The molecule has 0 amide bonds. The summed E-state index contributed by atoms with van der Waals surface area (Å²) in [6, 6.07) is 25.7. The maximum atomic E-state index is 13.9. The number of alkyl halides is 3. The second kappa shape index (κ2) is 21.3. The van der Waals surface area contributed by atoms with Crippen molar-refractivity contribution in [3.8, 4) is 22.4 Å². The Morgan fingerprint density at radius 1 is 0.896 bits per heavy atom. The smallest absolute Gasteiger partial charge is 0.478 e. The Balaban J connectivity index is 0.990. The first-order chi connectivity index (χ1) is 31.8. The lowest BCUT2D eigenvalue weighted by Crippen LogP contribution is -2.46. The molecule has 0 bridgehead atoms. The first kappa shape index (κ1) is 50.2. The summed E-state index contributed by atoms with van der Waals surface area (Å²) < 4.78 is 90.4. The number of sulfone groups is 1. The summed E-state index contributed by atoms with van der Waals surface area (Å²) in [6.07, 6.45) is 1.41. The van der Waals surface area contributed by atoms with Gasteiger partial charge >= 0.3 is 20.1 Å². The zero-order chi connectivity index (χ0) is 48.2. The summed E-state index contributed by atoms with van der Waals surface area (Å²) in [7, 11) is -10.4. The van der Waals surface area contributed by atoms with E-state index in [1.807, 2.05) is 69.3 Å². The lowest BCUT2D eigenvalue weighted by atomic mass is 9.96. The van der Waals surface area contributed by atoms with Crippen molar-refractivity contribution in [2.75, 3.05) is 72.2 Å². The largest absolute Gasteiger partial charge is 0.501 e. The minimum Gasteiger partial charge on any atom is -0.478 e. The molecule has 1 atom stereocenters. The van der Waals surface area contributed by atoms with Gasteiger partial charge < -0.3 is 48.7 Å². The third-order valence-corrected chi connectivity index (χ3v) is 15.4. The van der Waals surface area contributed by atoms with Crippen LogP contribution in [0, 0.1) is 6.92 Å². The maximum Gasteiger partial charge on any atom is 0.501 e. The van der Waals surface area contributed by atoms with Crippen molar-refractivity contribution >= 4 is 69.7 Å². The van der Waals surface area contributed by atoms with Crippen LogP contribution in [0.25, 0.3) is 22.4 Å². The van der Waals surface area contributed by atoms with Gasteiger partial charge in [0.15, 0.2) is 0 Å². The molecular formula is C46H53ClF3N6O8PS2. The van der Waals surface area contributed by atoms with Crippen molar-refractivity contribution in [3.63, 3.8) is 0 Å². The molecule has 14 nitrogen and oxygen atoms in total.